The summed E-state index contributed by atoms with van der Waals surface area (Å²) < 4.78 is 5.65. The average Bonchev–Trinajstić information content (AvgIpc) is 3.19. The van der Waals surface area contributed by atoms with Crippen molar-refractivity contribution in [2.45, 2.75) is 19.4 Å². The highest BCUT2D eigenvalue weighted by Gasteiger charge is 2.20. The van der Waals surface area contributed by atoms with Crippen LogP contribution in [0.25, 0.3) is 0 Å². The molecule has 0 radical (unpaired) electrons. The van der Waals surface area contributed by atoms with Crippen LogP contribution < -0.4 is 10.2 Å². The van der Waals surface area contributed by atoms with Gasteiger partial charge in [-0.1, -0.05) is 0 Å². The Kier molecular flexibility index (Phi) is 4.96. The van der Waals surface area contributed by atoms with E-state index in [0.717, 1.165) is 38.0 Å². The quantitative estimate of drug-likeness (QED) is 0.711. The fraction of sp³-hybridized carbons (Fsp3) is 0.643. The van der Waals surface area contributed by atoms with Gasteiger partial charge in [0.15, 0.2) is 0 Å². The second-order valence-corrected chi connectivity index (χ2v) is 4.99. The summed E-state index contributed by atoms with van der Waals surface area (Å²) in [5.74, 6) is 1.85. The largest absolute Gasteiger partial charge is 0.379 e. The molecular formula is C14H23N3O. The van der Waals surface area contributed by atoms with E-state index in [1.807, 2.05) is 19.3 Å². The number of aromatic nitrogens is 1. The molecule has 1 N–H and O–H groups in total. The Hall–Kier alpha value is -1.13. The van der Waals surface area contributed by atoms with Crippen molar-refractivity contribution >= 4 is 5.82 Å². The number of likely N-dealkylation sites (N-methyl/N-ethyl adjacent to an activating group) is 1. The minimum Gasteiger partial charge on any atom is -0.379 e. The lowest BCUT2D eigenvalue weighted by atomic mass is 10.2. The summed E-state index contributed by atoms with van der Waals surface area (Å²) in [5, 5.41) is 3.15. The number of nitrogens with zero attached hydrogens (tertiary/aromatic N) is 2. The summed E-state index contributed by atoms with van der Waals surface area (Å²) in [6, 6.07) is 4.16. The van der Waals surface area contributed by atoms with Crippen molar-refractivity contribution in [1.82, 2.24) is 10.3 Å². The van der Waals surface area contributed by atoms with Gasteiger partial charge in [-0.2, -0.15) is 0 Å². The Morgan fingerprint density at radius 3 is 3.06 bits per heavy atom. The molecule has 4 nitrogen and oxygen atoms in total. The van der Waals surface area contributed by atoms with E-state index in [1.54, 1.807) is 0 Å². The molecule has 4 heteroatoms. The molecule has 1 aromatic rings. The number of pyridine rings is 1. The number of nitrogens with one attached hydrogen (secondary N) is 1. The molecule has 0 bridgehead atoms. The molecular weight excluding hydrogens is 226 g/mol. The van der Waals surface area contributed by atoms with Crippen LogP contribution in [0, 0.1) is 5.92 Å². The summed E-state index contributed by atoms with van der Waals surface area (Å²) >= 11 is 0. The van der Waals surface area contributed by atoms with Crippen molar-refractivity contribution in [3.63, 3.8) is 0 Å². The second-order valence-electron chi connectivity index (χ2n) is 4.99. The maximum atomic E-state index is 5.65. The van der Waals surface area contributed by atoms with Crippen LogP contribution in [0.2, 0.25) is 0 Å². The molecule has 0 amide bonds. The van der Waals surface area contributed by atoms with Crippen LogP contribution in [-0.4, -0.2) is 38.8 Å². The third kappa shape index (κ3) is 4.27. The highest BCUT2D eigenvalue weighted by Crippen LogP contribution is 2.28. The van der Waals surface area contributed by atoms with Gasteiger partial charge in [-0.25, -0.2) is 4.98 Å². The molecule has 1 heterocycles. The first kappa shape index (κ1) is 13.3. The topological polar surface area (TPSA) is 37.4 Å². The van der Waals surface area contributed by atoms with Crippen LogP contribution in [0.1, 0.15) is 18.4 Å². The predicted octanol–water partition coefficient (Wildman–Crippen LogP) is 1.66. The van der Waals surface area contributed by atoms with E-state index in [0.29, 0.717) is 0 Å². The average molecular weight is 249 g/mol. The van der Waals surface area contributed by atoms with Crippen LogP contribution in [0.15, 0.2) is 18.3 Å². The minimum atomic E-state index is 0.783. The Balaban J connectivity index is 1.75. The van der Waals surface area contributed by atoms with Crippen molar-refractivity contribution in [2.75, 3.05) is 38.8 Å². The summed E-state index contributed by atoms with van der Waals surface area (Å²) in [7, 11) is 4.02. The van der Waals surface area contributed by atoms with Gasteiger partial charge < -0.3 is 15.0 Å². The van der Waals surface area contributed by atoms with Crippen LogP contribution in [0.5, 0.6) is 0 Å². The zero-order chi connectivity index (χ0) is 12.8. The number of anilines is 1. The molecule has 1 saturated carbocycles. The van der Waals surface area contributed by atoms with Crippen LogP contribution in [0.3, 0.4) is 0 Å². The van der Waals surface area contributed by atoms with E-state index < -0.39 is 0 Å². The van der Waals surface area contributed by atoms with E-state index in [2.05, 4.69) is 28.3 Å². The fourth-order valence-corrected chi connectivity index (χ4v) is 1.83. The molecule has 100 valence electrons. The predicted molar refractivity (Wildman–Crippen MR) is 73.8 cm³/mol. The third-order valence-electron chi connectivity index (χ3n) is 3.20. The summed E-state index contributed by atoms with van der Waals surface area (Å²) in [6.45, 7) is 3.48. The van der Waals surface area contributed by atoms with Gasteiger partial charge in [0.25, 0.3) is 0 Å². The molecule has 1 aromatic heterocycles. The van der Waals surface area contributed by atoms with E-state index in [-0.39, 0.29) is 0 Å². The lowest BCUT2D eigenvalue weighted by molar-refractivity contribution is 0.131. The summed E-state index contributed by atoms with van der Waals surface area (Å²) in [4.78, 5) is 6.54. The van der Waals surface area contributed by atoms with Gasteiger partial charge in [0.1, 0.15) is 5.82 Å². The maximum absolute atomic E-state index is 5.65. The number of ether oxygens (including phenoxy) is 1. The molecule has 2 rings (SSSR count). The molecule has 0 aliphatic heterocycles. The number of hydrogen-bond acceptors (Lipinski definition) is 4. The van der Waals surface area contributed by atoms with Gasteiger partial charge >= 0.3 is 0 Å². The summed E-state index contributed by atoms with van der Waals surface area (Å²) in [6.07, 6.45) is 4.57. The SMILES string of the molecule is CNCc1ccnc(N(C)CCOCC2CC2)c1. The Morgan fingerprint density at radius 1 is 1.50 bits per heavy atom. The zero-order valence-electron chi connectivity index (χ0n) is 11.4. The number of hydrogen-bond donors (Lipinski definition) is 1. The summed E-state index contributed by atoms with van der Waals surface area (Å²) in [5.41, 5.74) is 1.26. The smallest absolute Gasteiger partial charge is 0.128 e. The first-order valence-electron chi connectivity index (χ1n) is 6.68. The standard InChI is InChI=1S/C14H23N3O/c1-15-10-13-5-6-16-14(9-13)17(2)7-8-18-11-12-3-4-12/h5-6,9,12,15H,3-4,7-8,10-11H2,1-2H3. The van der Waals surface area contributed by atoms with Crippen molar-refractivity contribution in [2.24, 2.45) is 5.92 Å². The van der Waals surface area contributed by atoms with E-state index in [4.69, 9.17) is 4.74 Å². The van der Waals surface area contributed by atoms with Crippen molar-refractivity contribution in [3.8, 4) is 0 Å². The van der Waals surface area contributed by atoms with Gasteiger partial charge in [0.05, 0.1) is 6.61 Å². The molecule has 0 atom stereocenters. The molecule has 1 fully saturated rings. The number of rotatable bonds is 8. The van der Waals surface area contributed by atoms with Crippen LogP contribution in [0.4, 0.5) is 5.82 Å². The zero-order valence-corrected chi connectivity index (χ0v) is 11.4. The van der Waals surface area contributed by atoms with Crippen LogP contribution >= 0.6 is 0 Å². The third-order valence-corrected chi connectivity index (χ3v) is 3.20. The lowest BCUT2D eigenvalue weighted by Crippen LogP contribution is -2.24. The van der Waals surface area contributed by atoms with E-state index in [9.17, 15) is 0 Å². The van der Waals surface area contributed by atoms with Gasteiger partial charge in [0.2, 0.25) is 0 Å². The van der Waals surface area contributed by atoms with Crippen molar-refractivity contribution in [3.05, 3.63) is 23.9 Å². The van der Waals surface area contributed by atoms with Gasteiger partial charge in [-0.3, -0.25) is 0 Å². The van der Waals surface area contributed by atoms with Crippen molar-refractivity contribution in [1.29, 1.82) is 0 Å². The van der Waals surface area contributed by atoms with Crippen LogP contribution in [-0.2, 0) is 11.3 Å². The van der Waals surface area contributed by atoms with Gasteiger partial charge in [-0.05, 0) is 43.5 Å². The Bertz CT molecular complexity index is 366. The minimum absolute atomic E-state index is 0.783. The first-order chi connectivity index (χ1) is 8.79. The highest BCUT2D eigenvalue weighted by molar-refractivity contribution is 5.39. The molecule has 1 aliphatic rings. The Labute approximate surface area is 109 Å². The molecule has 0 aromatic carbocycles. The monoisotopic (exact) mass is 249 g/mol. The van der Waals surface area contributed by atoms with Crippen molar-refractivity contribution < 1.29 is 4.74 Å². The molecule has 0 saturated heterocycles. The molecule has 1 aliphatic carbocycles. The van der Waals surface area contributed by atoms with E-state index >= 15 is 0 Å². The second kappa shape index (κ2) is 6.71. The Morgan fingerprint density at radius 2 is 2.33 bits per heavy atom. The van der Waals surface area contributed by atoms with Gasteiger partial charge in [0, 0.05) is 32.9 Å². The van der Waals surface area contributed by atoms with E-state index in [1.165, 1.54) is 18.4 Å². The maximum Gasteiger partial charge on any atom is 0.128 e. The first-order valence-corrected chi connectivity index (χ1v) is 6.68. The molecule has 18 heavy (non-hydrogen) atoms. The highest BCUT2D eigenvalue weighted by atomic mass is 16.5. The normalized spacial score (nSPS) is 14.8. The molecule has 0 unspecified atom stereocenters. The molecule has 0 spiro atoms. The fourth-order valence-electron chi connectivity index (χ4n) is 1.83. The lowest BCUT2D eigenvalue weighted by Gasteiger charge is -2.18. The van der Waals surface area contributed by atoms with Gasteiger partial charge in [-0.15, -0.1) is 0 Å².